The molecule has 1 saturated heterocycles. The van der Waals surface area contributed by atoms with E-state index >= 15 is 0 Å². The van der Waals surface area contributed by atoms with Crippen LogP contribution in [0.4, 0.5) is 0 Å². The number of benzene rings is 1. The van der Waals surface area contributed by atoms with Crippen LogP contribution in [0.1, 0.15) is 24.5 Å². The van der Waals surface area contributed by atoms with Crippen LogP contribution in [0.15, 0.2) is 24.3 Å². The Morgan fingerprint density at radius 1 is 1.45 bits per heavy atom. The fourth-order valence-corrected chi connectivity index (χ4v) is 2.82. The van der Waals surface area contributed by atoms with Gasteiger partial charge < -0.3 is 14.7 Å². The zero-order valence-corrected chi connectivity index (χ0v) is 12.7. The van der Waals surface area contributed by atoms with Gasteiger partial charge in [0.15, 0.2) is 0 Å². The number of hydrogen-bond acceptors (Lipinski definition) is 4. The standard InChI is InChI=1S/C16H26N2O2/c1-17(2)14-7-5-9-18(11-14)12-16(19)13-6-4-8-15(10-13)20-3/h4,6,8,10,14,16,19H,5,7,9,11-12H2,1-3H3. The lowest BCUT2D eigenvalue weighted by Gasteiger charge is -2.37. The number of rotatable bonds is 5. The Kier molecular flexibility index (Phi) is 5.40. The molecule has 1 aliphatic rings. The van der Waals surface area contributed by atoms with Crippen molar-refractivity contribution in [2.45, 2.75) is 25.0 Å². The van der Waals surface area contributed by atoms with Gasteiger partial charge in [0.2, 0.25) is 0 Å². The highest BCUT2D eigenvalue weighted by molar-refractivity contribution is 5.29. The highest BCUT2D eigenvalue weighted by Crippen LogP contribution is 2.22. The lowest BCUT2D eigenvalue weighted by molar-refractivity contribution is 0.0721. The molecule has 0 amide bonds. The third-order valence-corrected chi connectivity index (χ3v) is 4.12. The van der Waals surface area contributed by atoms with Crippen LogP contribution in [-0.2, 0) is 0 Å². The van der Waals surface area contributed by atoms with Gasteiger partial charge in [-0.25, -0.2) is 0 Å². The Bertz CT molecular complexity index is 423. The number of nitrogens with zero attached hydrogens (tertiary/aromatic N) is 2. The van der Waals surface area contributed by atoms with Gasteiger partial charge in [0.05, 0.1) is 13.2 Å². The quantitative estimate of drug-likeness (QED) is 0.890. The van der Waals surface area contributed by atoms with Crippen molar-refractivity contribution >= 4 is 0 Å². The average molecular weight is 278 g/mol. The molecule has 0 bridgehead atoms. The first kappa shape index (κ1) is 15.3. The summed E-state index contributed by atoms with van der Waals surface area (Å²) in [7, 11) is 5.91. The highest BCUT2D eigenvalue weighted by Gasteiger charge is 2.23. The van der Waals surface area contributed by atoms with Crippen molar-refractivity contribution in [1.29, 1.82) is 0 Å². The molecule has 1 aromatic carbocycles. The van der Waals surface area contributed by atoms with Crippen LogP contribution in [0.25, 0.3) is 0 Å². The van der Waals surface area contributed by atoms with E-state index in [-0.39, 0.29) is 0 Å². The van der Waals surface area contributed by atoms with Crippen molar-refractivity contribution in [2.24, 2.45) is 0 Å². The predicted molar refractivity (Wildman–Crippen MR) is 81.1 cm³/mol. The van der Waals surface area contributed by atoms with E-state index in [9.17, 15) is 5.11 Å². The van der Waals surface area contributed by atoms with Crippen molar-refractivity contribution in [1.82, 2.24) is 9.80 Å². The van der Waals surface area contributed by atoms with Crippen LogP contribution >= 0.6 is 0 Å². The molecular weight excluding hydrogens is 252 g/mol. The lowest BCUT2D eigenvalue weighted by atomic mass is 10.0. The molecule has 1 N–H and O–H groups in total. The molecule has 20 heavy (non-hydrogen) atoms. The Labute approximate surface area is 122 Å². The minimum atomic E-state index is -0.453. The normalized spacial score (nSPS) is 21.9. The number of likely N-dealkylation sites (tertiary alicyclic amines) is 1. The SMILES string of the molecule is COc1cccc(C(O)CN2CCCC(N(C)C)C2)c1. The fourth-order valence-electron chi connectivity index (χ4n) is 2.82. The zero-order valence-electron chi connectivity index (χ0n) is 12.7. The molecule has 0 aliphatic carbocycles. The lowest BCUT2D eigenvalue weighted by Crippen LogP contribution is -2.46. The average Bonchev–Trinajstić information content (AvgIpc) is 2.47. The van der Waals surface area contributed by atoms with Crippen LogP contribution < -0.4 is 4.74 Å². The summed E-state index contributed by atoms with van der Waals surface area (Å²) in [5, 5.41) is 10.4. The third-order valence-electron chi connectivity index (χ3n) is 4.12. The molecular formula is C16H26N2O2. The molecule has 2 unspecified atom stereocenters. The van der Waals surface area contributed by atoms with Gasteiger partial charge in [0.1, 0.15) is 5.75 Å². The zero-order chi connectivity index (χ0) is 14.5. The molecule has 1 heterocycles. The predicted octanol–water partition coefficient (Wildman–Crippen LogP) is 1.75. The van der Waals surface area contributed by atoms with Gasteiger partial charge in [-0.15, -0.1) is 0 Å². The molecule has 0 radical (unpaired) electrons. The van der Waals surface area contributed by atoms with Crippen molar-refractivity contribution in [3.63, 3.8) is 0 Å². The Morgan fingerprint density at radius 2 is 2.25 bits per heavy atom. The minimum absolute atomic E-state index is 0.453. The summed E-state index contributed by atoms with van der Waals surface area (Å²) < 4.78 is 5.21. The maximum atomic E-state index is 10.4. The second-order valence-electron chi connectivity index (χ2n) is 5.81. The summed E-state index contributed by atoms with van der Waals surface area (Å²) in [5.41, 5.74) is 0.927. The molecule has 2 rings (SSSR count). The van der Waals surface area contributed by atoms with Crippen LogP contribution in [-0.4, -0.2) is 61.8 Å². The highest BCUT2D eigenvalue weighted by atomic mass is 16.5. The van der Waals surface area contributed by atoms with E-state index in [2.05, 4.69) is 23.9 Å². The summed E-state index contributed by atoms with van der Waals surface area (Å²) >= 11 is 0. The first-order valence-electron chi connectivity index (χ1n) is 7.31. The van der Waals surface area contributed by atoms with Crippen LogP contribution in [0.2, 0.25) is 0 Å². The number of likely N-dealkylation sites (N-methyl/N-ethyl adjacent to an activating group) is 1. The van der Waals surface area contributed by atoms with Gasteiger partial charge in [-0.3, -0.25) is 4.90 Å². The second kappa shape index (κ2) is 7.07. The minimum Gasteiger partial charge on any atom is -0.497 e. The number of methoxy groups -OCH3 is 1. The van der Waals surface area contributed by atoms with Gasteiger partial charge in [-0.05, 0) is 51.2 Å². The van der Waals surface area contributed by atoms with Crippen molar-refractivity contribution < 1.29 is 9.84 Å². The van der Waals surface area contributed by atoms with E-state index in [1.54, 1.807) is 7.11 Å². The summed E-state index contributed by atoms with van der Waals surface area (Å²) in [6.07, 6.45) is 2.00. The molecule has 112 valence electrons. The van der Waals surface area contributed by atoms with E-state index in [1.165, 1.54) is 12.8 Å². The van der Waals surface area contributed by atoms with Gasteiger partial charge in [0.25, 0.3) is 0 Å². The van der Waals surface area contributed by atoms with Crippen molar-refractivity contribution in [2.75, 3.05) is 40.8 Å². The third kappa shape index (κ3) is 3.95. The summed E-state index contributed by atoms with van der Waals surface area (Å²) in [6, 6.07) is 8.30. The second-order valence-corrected chi connectivity index (χ2v) is 5.81. The maximum absolute atomic E-state index is 10.4. The van der Waals surface area contributed by atoms with Gasteiger partial charge in [-0.2, -0.15) is 0 Å². The number of ether oxygens (including phenoxy) is 1. The monoisotopic (exact) mass is 278 g/mol. The number of aliphatic hydroxyl groups excluding tert-OH is 1. The molecule has 2 atom stereocenters. The maximum Gasteiger partial charge on any atom is 0.119 e. The number of hydrogen-bond donors (Lipinski definition) is 1. The number of β-amino-alcohol motifs (C(OH)–C–C–N with tert-alkyl or cyclic N) is 1. The van der Waals surface area contributed by atoms with Gasteiger partial charge in [0, 0.05) is 19.1 Å². The molecule has 4 heteroatoms. The number of aliphatic hydroxyl groups is 1. The Hall–Kier alpha value is -1.10. The van der Waals surface area contributed by atoms with Crippen LogP contribution in [0.3, 0.4) is 0 Å². The van der Waals surface area contributed by atoms with Crippen molar-refractivity contribution in [3.8, 4) is 5.75 Å². The Morgan fingerprint density at radius 3 is 2.95 bits per heavy atom. The first-order valence-corrected chi connectivity index (χ1v) is 7.31. The van der Waals surface area contributed by atoms with Gasteiger partial charge in [-0.1, -0.05) is 12.1 Å². The molecule has 4 nitrogen and oxygen atoms in total. The van der Waals surface area contributed by atoms with Crippen LogP contribution in [0.5, 0.6) is 5.75 Å². The molecule has 0 spiro atoms. The topological polar surface area (TPSA) is 35.9 Å². The van der Waals surface area contributed by atoms with Crippen LogP contribution in [0, 0.1) is 0 Å². The fraction of sp³-hybridized carbons (Fsp3) is 0.625. The van der Waals surface area contributed by atoms with E-state index in [1.807, 2.05) is 24.3 Å². The summed E-state index contributed by atoms with van der Waals surface area (Å²) in [4.78, 5) is 4.64. The summed E-state index contributed by atoms with van der Waals surface area (Å²) in [5.74, 6) is 0.798. The Balaban J connectivity index is 1.94. The van der Waals surface area contributed by atoms with Gasteiger partial charge >= 0.3 is 0 Å². The summed E-state index contributed by atoms with van der Waals surface area (Å²) in [6.45, 7) is 2.80. The molecule has 1 aromatic rings. The van der Waals surface area contributed by atoms with E-state index in [0.29, 0.717) is 12.6 Å². The molecule has 1 fully saturated rings. The smallest absolute Gasteiger partial charge is 0.119 e. The molecule has 1 aliphatic heterocycles. The largest absolute Gasteiger partial charge is 0.497 e. The van der Waals surface area contributed by atoms with E-state index in [0.717, 1.165) is 24.4 Å². The van der Waals surface area contributed by atoms with E-state index < -0.39 is 6.10 Å². The van der Waals surface area contributed by atoms with Crippen molar-refractivity contribution in [3.05, 3.63) is 29.8 Å². The van der Waals surface area contributed by atoms with E-state index in [4.69, 9.17) is 4.74 Å². The molecule has 0 aromatic heterocycles. The molecule has 0 saturated carbocycles. The first-order chi connectivity index (χ1) is 9.60. The number of piperidine rings is 1.